The monoisotopic (exact) mass is 858 g/mol. The van der Waals surface area contributed by atoms with E-state index >= 15 is 0 Å². The van der Waals surface area contributed by atoms with Gasteiger partial charge >= 0.3 is 5.97 Å². The molecule has 0 bridgehead atoms. The number of hydrogen-bond acceptors (Lipinski definition) is 7. The zero-order valence-electron chi connectivity index (χ0n) is 40.0. The predicted molar refractivity (Wildman–Crippen MR) is 250 cm³/mol. The Bertz CT molecular complexity index is 956. The van der Waals surface area contributed by atoms with E-state index in [4.69, 9.17) is 18.5 Å². The molecule has 0 aromatic rings. The Morgan fingerprint density at radius 2 is 0.881 bits per heavy atom. The first kappa shape index (κ1) is 58.2. The zero-order chi connectivity index (χ0) is 43.4. The molecule has 59 heavy (non-hydrogen) atoms. The summed E-state index contributed by atoms with van der Waals surface area (Å²) in [7, 11) is 1.37. The highest BCUT2D eigenvalue weighted by Crippen LogP contribution is 2.38. The zero-order valence-corrected chi connectivity index (χ0v) is 40.9. The number of nitrogens with zero attached hydrogens (tertiary/aromatic N) is 1. The van der Waals surface area contributed by atoms with E-state index in [1.807, 2.05) is 21.1 Å². The van der Waals surface area contributed by atoms with Gasteiger partial charge in [0.05, 0.1) is 34.4 Å². The van der Waals surface area contributed by atoms with Gasteiger partial charge in [0.1, 0.15) is 19.3 Å². The lowest BCUT2D eigenvalue weighted by atomic mass is 10.0. The average molecular weight is 858 g/mol. The molecule has 0 fully saturated rings. The smallest absolute Gasteiger partial charge is 0.306 e. The van der Waals surface area contributed by atoms with Crippen molar-refractivity contribution in [1.82, 2.24) is 0 Å². The third-order valence-electron chi connectivity index (χ3n) is 11.3. The van der Waals surface area contributed by atoms with E-state index in [1.165, 1.54) is 193 Å². The maximum absolute atomic E-state index is 12.7. The molecule has 0 heterocycles. The summed E-state index contributed by atoms with van der Waals surface area (Å²) in [6.45, 7) is 5.46. The van der Waals surface area contributed by atoms with Gasteiger partial charge in [-0.1, -0.05) is 212 Å². The Balaban J connectivity index is 4.02. The van der Waals surface area contributed by atoms with Crippen molar-refractivity contribution >= 4 is 13.8 Å². The largest absolute Gasteiger partial charge is 0.756 e. The summed E-state index contributed by atoms with van der Waals surface area (Å²) >= 11 is 0. The second-order valence-electron chi connectivity index (χ2n) is 18.5. The second kappa shape index (κ2) is 43.9. The Morgan fingerprint density at radius 3 is 1.29 bits per heavy atom. The van der Waals surface area contributed by atoms with Crippen LogP contribution < -0.4 is 4.89 Å². The highest BCUT2D eigenvalue weighted by Gasteiger charge is 2.20. The Hall–Kier alpha value is -0.760. The van der Waals surface area contributed by atoms with Crippen molar-refractivity contribution < 1.29 is 37.3 Å². The van der Waals surface area contributed by atoms with Crippen LogP contribution in [0.3, 0.4) is 0 Å². The number of ether oxygens (including phenoxy) is 2. The van der Waals surface area contributed by atoms with Crippen molar-refractivity contribution in [2.24, 2.45) is 0 Å². The van der Waals surface area contributed by atoms with Crippen LogP contribution in [0.5, 0.6) is 0 Å². The van der Waals surface area contributed by atoms with Crippen LogP contribution in [0.25, 0.3) is 0 Å². The standard InChI is InChI=1S/C50H100NO7P/c1-6-8-10-12-14-16-18-20-21-22-23-24-25-26-27-28-29-30-31-32-33-35-37-39-41-43-50(52)58-49(48-57-59(53,54)56-46-44-51(3,4)5)47-55-45-42-40-38-36-34-19-17-15-13-11-9-7-2/h22-23,49H,6-21,24-48H2,1-5H3/b23-22-. The first-order chi connectivity index (χ1) is 28.6. The van der Waals surface area contributed by atoms with E-state index in [1.54, 1.807) is 0 Å². The molecule has 0 aromatic heterocycles. The van der Waals surface area contributed by atoms with E-state index in [-0.39, 0.29) is 25.8 Å². The van der Waals surface area contributed by atoms with Gasteiger partial charge in [-0.15, -0.1) is 0 Å². The van der Waals surface area contributed by atoms with Crippen molar-refractivity contribution in [2.45, 2.75) is 251 Å². The number of unbranched alkanes of at least 4 members (excludes halogenated alkanes) is 32. The average Bonchev–Trinajstić information content (AvgIpc) is 3.19. The van der Waals surface area contributed by atoms with Crippen molar-refractivity contribution in [1.29, 1.82) is 0 Å². The number of rotatable bonds is 48. The number of phosphoric acid groups is 1. The van der Waals surface area contributed by atoms with Crippen LogP contribution in [0.4, 0.5) is 0 Å². The Kier molecular flexibility index (Phi) is 43.3. The Labute approximate surface area is 367 Å². The van der Waals surface area contributed by atoms with E-state index < -0.39 is 13.9 Å². The number of quaternary nitrogens is 1. The molecule has 0 spiro atoms. The van der Waals surface area contributed by atoms with Gasteiger partial charge in [0.2, 0.25) is 0 Å². The molecule has 2 atom stereocenters. The number of esters is 1. The fourth-order valence-corrected chi connectivity index (χ4v) is 8.10. The maximum Gasteiger partial charge on any atom is 0.306 e. The molecule has 0 N–H and O–H groups in total. The third-order valence-corrected chi connectivity index (χ3v) is 12.3. The van der Waals surface area contributed by atoms with Gasteiger partial charge in [0, 0.05) is 13.0 Å². The van der Waals surface area contributed by atoms with Crippen molar-refractivity contribution in [3.63, 3.8) is 0 Å². The van der Waals surface area contributed by atoms with Crippen LogP contribution in [0.1, 0.15) is 245 Å². The minimum Gasteiger partial charge on any atom is -0.756 e. The third kappa shape index (κ3) is 48.1. The van der Waals surface area contributed by atoms with Crippen LogP contribution in [-0.2, 0) is 27.9 Å². The molecule has 0 aliphatic rings. The van der Waals surface area contributed by atoms with Gasteiger partial charge in [-0.25, -0.2) is 0 Å². The van der Waals surface area contributed by atoms with Crippen molar-refractivity contribution in [3.05, 3.63) is 12.2 Å². The number of carbonyl (C=O) groups is 1. The molecule has 8 nitrogen and oxygen atoms in total. The van der Waals surface area contributed by atoms with E-state index in [2.05, 4.69) is 26.0 Å². The van der Waals surface area contributed by atoms with Gasteiger partial charge in [-0.2, -0.15) is 0 Å². The lowest BCUT2D eigenvalue weighted by molar-refractivity contribution is -0.870. The lowest BCUT2D eigenvalue weighted by Gasteiger charge is -2.28. The van der Waals surface area contributed by atoms with Crippen molar-refractivity contribution in [3.8, 4) is 0 Å². The van der Waals surface area contributed by atoms with Gasteiger partial charge < -0.3 is 27.9 Å². The predicted octanol–water partition coefficient (Wildman–Crippen LogP) is 14.8. The molecule has 0 aliphatic carbocycles. The number of likely N-dealkylation sites (N-methyl/N-ethyl adjacent to an activating group) is 1. The number of carbonyl (C=O) groups excluding carboxylic acids is 1. The Morgan fingerprint density at radius 1 is 0.508 bits per heavy atom. The number of hydrogen-bond donors (Lipinski definition) is 0. The van der Waals surface area contributed by atoms with Crippen molar-refractivity contribution in [2.75, 3.05) is 54.1 Å². The van der Waals surface area contributed by atoms with E-state index in [9.17, 15) is 14.3 Å². The van der Waals surface area contributed by atoms with Gasteiger partial charge in [-0.05, 0) is 38.5 Å². The molecule has 0 aliphatic heterocycles. The first-order valence-electron chi connectivity index (χ1n) is 25.4. The fraction of sp³-hybridized carbons (Fsp3) is 0.940. The summed E-state index contributed by atoms with van der Waals surface area (Å²) < 4.78 is 34.7. The maximum atomic E-state index is 12.7. The van der Waals surface area contributed by atoms with Crippen LogP contribution in [0.2, 0.25) is 0 Å². The summed E-state index contributed by atoms with van der Waals surface area (Å²) in [4.78, 5) is 25.1. The summed E-state index contributed by atoms with van der Waals surface area (Å²) in [5, 5.41) is 0. The van der Waals surface area contributed by atoms with Crippen LogP contribution in [0, 0.1) is 0 Å². The summed E-state index contributed by atoms with van der Waals surface area (Å²) in [5.41, 5.74) is 0. The quantitative estimate of drug-likeness (QED) is 0.0198. The summed E-state index contributed by atoms with van der Waals surface area (Å²) in [6.07, 6.45) is 49.5. The topological polar surface area (TPSA) is 94.1 Å². The molecule has 0 saturated heterocycles. The molecular weight excluding hydrogens is 758 g/mol. The lowest BCUT2D eigenvalue weighted by Crippen LogP contribution is -2.37. The van der Waals surface area contributed by atoms with Crippen LogP contribution in [-0.4, -0.2) is 70.7 Å². The summed E-state index contributed by atoms with van der Waals surface area (Å²) in [5.74, 6) is -0.329. The first-order valence-corrected chi connectivity index (χ1v) is 26.9. The molecule has 0 aromatic carbocycles. The van der Waals surface area contributed by atoms with Gasteiger partial charge in [0.25, 0.3) is 7.82 Å². The normalized spacial score (nSPS) is 13.7. The van der Waals surface area contributed by atoms with Gasteiger partial charge in [-0.3, -0.25) is 9.36 Å². The van der Waals surface area contributed by atoms with Crippen LogP contribution >= 0.6 is 7.82 Å². The van der Waals surface area contributed by atoms with E-state index in [0.29, 0.717) is 24.1 Å². The molecule has 352 valence electrons. The fourth-order valence-electron chi connectivity index (χ4n) is 7.37. The minimum atomic E-state index is -4.52. The number of allylic oxidation sites excluding steroid dienone is 2. The summed E-state index contributed by atoms with van der Waals surface area (Å²) in [6, 6.07) is 0. The van der Waals surface area contributed by atoms with Gasteiger partial charge in [0.15, 0.2) is 0 Å². The molecule has 0 saturated carbocycles. The number of phosphoric ester groups is 1. The molecule has 2 unspecified atom stereocenters. The second-order valence-corrected chi connectivity index (χ2v) is 19.9. The van der Waals surface area contributed by atoms with Crippen LogP contribution in [0.15, 0.2) is 12.2 Å². The SMILES string of the molecule is CCCCCCCCCC/C=C\CCCCCCCCCCCCCCCC(=O)OC(COCCCCCCCCCCCCCC)COP(=O)([O-])OCC[N+](C)(C)C. The highest BCUT2D eigenvalue weighted by molar-refractivity contribution is 7.45. The molecular formula is C50H100NO7P. The molecule has 0 rings (SSSR count). The highest BCUT2D eigenvalue weighted by atomic mass is 31.2. The molecule has 9 heteroatoms. The molecule has 0 radical (unpaired) electrons. The van der Waals surface area contributed by atoms with E-state index in [0.717, 1.165) is 32.1 Å². The molecule has 0 amide bonds. The minimum absolute atomic E-state index is 0.0299.